The molecule has 0 aliphatic heterocycles. The number of carbonyl (C=O) groups is 5. The molecule has 0 fully saturated rings. The Morgan fingerprint density at radius 3 is 2.14 bits per heavy atom. The second-order valence-corrected chi connectivity index (χ2v) is 8.05. The van der Waals surface area contributed by atoms with Gasteiger partial charge in [0.1, 0.15) is 18.1 Å². The Hall–Kier alpha value is -4.25. The quantitative estimate of drug-likeness (QED) is 0.0521. The van der Waals surface area contributed by atoms with Crippen LogP contribution in [0.15, 0.2) is 17.5 Å². The molecule has 0 saturated carbocycles. The topological polar surface area (TPSA) is 307 Å². The van der Waals surface area contributed by atoms with Gasteiger partial charge >= 0.3 is 5.97 Å². The van der Waals surface area contributed by atoms with E-state index in [1.807, 2.05) is 0 Å². The lowest BCUT2D eigenvalue weighted by molar-refractivity contribution is -0.142. The van der Waals surface area contributed by atoms with E-state index in [2.05, 4.69) is 30.9 Å². The van der Waals surface area contributed by atoms with Gasteiger partial charge in [0.15, 0.2) is 5.96 Å². The number of aliphatic carboxylic acids is 1. The summed E-state index contributed by atoms with van der Waals surface area (Å²) in [6.07, 6.45) is 2.57. The van der Waals surface area contributed by atoms with E-state index in [1.165, 1.54) is 12.5 Å². The van der Waals surface area contributed by atoms with Crippen LogP contribution in [0, 0.1) is 0 Å². The van der Waals surface area contributed by atoms with Gasteiger partial charge in [0.05, 0.1) is 19.0 Å². The number of nitrogens with one attached hydrogen (secondary N) is 4. The number of nitrogens with two attached hydrogens (primary N) is 4. The largest absolute Gasteiger partial charge is 0.480 e. The second-order valence-electron chi connectivity index (χ2n) is 8.05. The first kappa shape index (κ1) is 30.8. The molecule has 0 radical (unpaired) electrons. The molecule has 1 aromatic heterocycles. The third kappa shape index (κ3) is 11.8. The molecule has 0 spiro atoms. The fourth-order valence-corrected chi connectivity index (χ4v) is 3.06. The molecule has 1 aromatic rings. The Morgan fingerprint density at radius 2 is 1.59 bits per heavy atom. The summed E-state index contributed by atoms with van der Waals surface area (Å²) in [5.41, 5.74) is 22.0. The number of nitrogens with zero attached hydrogens (tertiary/aromatic N) is 2. The van der Waals surface area contributed by atoms with Crippen LogP contribution < -0.4 is 38.9 Å². The number of aromatic amines is 1. The number of H-pyrrole nitrogens is 1. The number of carboxylic acid groups (broad SMARTS) is 1. The average Bonchev–Trinajstić information content (AvgIpc) is 3.34. The van der Waals surface area contributed by atoms with Crippen molar-refractivity contribution in [2.24, 2.45) is 27.9 Å². The fraction of sp³-hybridized carbons (Fsp3) is 0.550. The van der Waals surface area contributed by atoms with Crippen molar-refractivity contribution in [1.29, 1.82) is 0 Å². The van der Waals surface area contributed by atoms with Crippen LogP contribution in [0.25, 0.3) is 0 Å². The van der Waals surface area contributed by atoms with Crippen LogP contribution in [0.2, 0.25) is 0 Å². The Labute approximate surface area is 211 Å². The van der Waals surface area contributed by atoms with Crippen LogP contribution in [0.4, 0.5) is 0 Å². The SMILES string of the molecule is NC(=O)CCC(NC(=O)C(CO)NC(=O)C(N)Cc1cnc[nH]1)C(=O)NC(CCCN=C(N)N)C(=O)O. The molecule has 0 aliphatic rings. The highest BCUT2D eigenvalue weighted by molar-refractivity contribution is 5.94. The van der Waals surface area contributed by atoms with E-state index in [-0.39, 0.29) is 44.6 Å². The molecule has 0 saturated heterocycles. The highest BCUT2D eigenvalue weighted by Gasteiger charge is 2.30. The highest BCUT2D eigenvalue weighted by Crippen LogP contribution is 2.04. The predicted octanol–water partition coefficient (Wildman–Crippen LogP) is -4.87. The highest BCUT2D eigenvalue weighted by atomic mass is 16.4. The van der Waals surface area contributed by atoms with Crippen molar-refractivity contribution in [1.82, 2.24) is 25.9 Å². The first-order valence-corrected chi connectivity index (χ1v) is 11.3. The number of aromatic nitrogens is 2. The Morgan fingerprint density at radius 1 is 0.973 bits per heavy atom. The van der Waals surface area contributed by atoms with E-state index in [1.54, 1.807) is 0 Å². The third-order valence-electron chi connectivity index (χ3n) is 5.02. The Balaban J connectivity index is 2.83. The summed E-state index contributed by atoms with van der Waals surface area (Å²) in [6, 6.07) is -5.31. The fourth-order valence-electron chi connectivity index (χ4n) is 3.06. The van der Waals surface area contributed by atoms with Gasteiger partial charge in [-0.3, -0.25) is 24.2 Å². The van der Waals surface area contributed by atoms with E-state index in [0.29, 0.717) is 5.69 Å². The minimum absolute atomic E-state index is 0.0299. The van der Waals surface area contributed by atoms with Crippen LogP contribution in [-0.4, -0.2) is 93.1 Å². The molecule has 17 nitrogen and oxygen atoms in total. The number of primary amides is 1. The molecule has 0 aromatic carbocycles. The van der Waals surface area contributed by atoms with Gasteiger partial charge in [0.25, 0.3) is 0 Å². The van der Waals surface area contributed by atoms with Crippen molar-refractivity contribution in [2.45, 2.75) is 56.3 Å². The molecule has 37 heavy (non-hydrogen) atoms. The first-order chi connectivity index (χ1) is 17.4. The first-order valence-electron chi connectivity index (χ1n) is 11.3. The van der Waals surface area contributed by atoms with Crippen molar-refractivity contribution in [2.75, 3.05) is 13.2 Å². The van der Waals surface area contributed by atoms with Gasteiger partial charge in [-0.15, -0.1) is 0 Å². The number of hydrogen-bond donors (Lipinski definition) is 10. The summed E-state index contributed by atoms with van der Waals surface area (Å²) in [5.74, 6) is -4.91. The van der Waals surface area contributed by atoms with Gasteiger partial charge < -0.3 is 54.1 Å². The zero-order valence-corrected chi connectivity index (χ0v) is 20.1. The van der Waals surface area contributed by atoms with Crippen LogP contribution in [0.1, 0.15) is 31.4 Å². The van der Waals surface area contributed by atoms with E-state index in [0.717, 1.165) is 0 Å². The van der Waals surface area contributed by atoms with Gasteiger partial charge in [-0.2, -0.15) is 0 Å². The number of rotatable bonds is 17. The number of carboxylic acids is 1. The number of carbonyl (C=O) groups excluding carboxylic acids is 4. The molecule has 14 N–H and O–H groups in total. The molecule has 206 valence electrons. The minimum Gasteiger partial charge on any atom is -0.480 e. The van der Waals surface area contributed by atoms with Crippen LogP contribution >= 0.6 is 0 Å². The zero-order valence-electron chi connectivity index (χ0n) is 20.1. The zero-order chi connectivity index (χ0) is 28.0. The van der Waals surface area contributed by atoms with Crippen molar-refractivity contribution < 1.29 is 34.2 Å². The monoisotopic (exact) mass is 526 g/mol. The standard InChI is InChI=1S/C20H34N10O7/c21-11(6-10-7-25-9-27-10)16(33)30-14(8-31)18(35)28-12(3-4-15(22)32)17(34)29-13(19(36)37)2-1-5-26-20(23)24/h7,9,11-14,31H,1-6,8,21H2,(H2,22,32)(H,25,27)(H,28,35)(H,29,34)(H,30,33)(H,36,37)(H4,23,24,26). The lowest BCUT2D eigenvalue weighted by Gasteiger charge is -2.24. The molecular weight excluding hydrogens is 492 g/mol. The molecule has 1 rings (SSSR count). The van der Waals surface area contributed by atoms with Gasteiger partial charge in [-0.1, -0.05) is 0 Å². The number of aliphatic hydroxyl groups is 1. The van der Waals surface area contributed by atoms with E-state index in [4.69, 9.17) is 22.9 Å². The minimum atomic E-state index is -1.49. The van der Waals surface area contributed by atoms with E-state index >= 15 is 0 Å². The van der Waals surface area contributed by atoms with Crippen molar-refractivity contribution in [3.05, 3.63) is 18.2 Å². The number of hydrogen-bond acceptors (Lipinski definition) is 9. The molecule has 4 amide bonds. The summed E-state index contributed by atoms with van der Waals surface area (Å²) in [4.78, 5) is 71.0. The average molecular weight is 527 g/mol. The van der Waals surface area contributed by atoms with Gasteiger partial charge in [0, 0.05) is 31.3 Å². The molecule has 0 bridgehead atoms. The molecule has 0 aliphatic carbocycles. The van der Waals surface area contributed by atoms with E-state index < -0.39 is 60.4 Å². The number of aliphatic hydroxyl groups excluding tert-OH is 1. The molecule has 4 unspecified atom stereocenters. The normalized spacial score (nSPS) is 13.9. The number of amides is 4. The second kappa shape index (κ2) is 15.7. The van der Waals surface area contributed by atoms with Gasteiger partial charge in [-0.05, 0) is 19.3 Å². The molecule has 4 atom stereocenters. The van der Waals surface area contributed by atoms with Crippen LogP contribution in [0.5, 0.6) is 0 Å². The van der Waals surface area contributed by atoms with Crippen molar-refractivity contribution >= 4 is 35.6 Å². The summed E-state index contributed by atoms with van der Waals surface area (Å²) >= 11 is 0. The van der Waals surface area contributed by atoms with Crippen molar-refractivity contribution in [3.8, 4) is 0 Å². The Bertz CT molecular complexity index is 949. The molecule has 1 heterocycles. The summed E-state index contributed by atoms with van der Waals surface area (Å²) < 4.78 is 0. The number of aliphatic imine (C=N–C) groups is 1. The smallest absolute Gasteiger partial charge is 0.326 e. The molecular formula is C20H34N10O7. The van der Waals surface area contributed by atoms with Crippen LogP contribution in [-0.2, 0) is 30.4 Å². The third-order valence-corrected chi connectivity index (χ3v) is 5.02. The summed E-state index contributed by atoms with van der Waals surface area (Å²) in [6.45, 7) is -0.703. The Kier molecular flexibility index (Phi) is 13.0. The number of imidazole rings is 1. The maximum Gasteiger partial charge on any atom is 0.326 e. The summed E-state index contributed by atoms with van der Waals surface area (Å²) in [5, 5.41) is 25.9. The maximum atomic E-state index is 12.8. The lowest BCUT2D eigenvalue weighted by atomic mass is 10.1. The summed E-state index contributed by atoms with van der Waals surface area (Å²) in [7, 11) is 0. The van der Waals surface area contributed by atoms with Crippen LogP contribution in [0.3, 0.4) is 0 Å². The molecule has 17 heteroatoms. The van der Waals surface area contributed by atoms with Gasteiger partial charge in [-0.25, -0.2) is 9.78 Å². The van der Waals surface area contributed by atoms with E-state index in [9.17, 15) is 34.2 Å². The lowest BCUT2D eigenvalue weighted by Crippen LogP contribution is -2.58. The number of guanidine groups is 1. The predicted molar refractivity (Wildman–Crippen MR) is 129 cm³/mol. The van der Waals surface area contributed by atoms with Crippen molar-refractivity contribution in [3.63, 3.8) is 0 Å². The van der Waals surface area contributed by atoms with Gasteiger partial charge in [0.2, 0.25) is 23.6 Å². The maximum absolute atomic E-state index is 12.8.